The number of allylic oxidation sites excluding steroid dienone is 1. The van der Waals surface area contributed by atoms with E-state index in [0.717, 1.165) is 79.7 Å². The zero-order valence-electron chi connectivity index (χ0n) is 24.2. The van der Waals surface area contributed by atoms with Crippen LogP contribution in [0.15, 0.2) is 83.3 Å². The molecule has 10 nitrogen and oxygen atoms in total. The number of nitrogens with zero attached hydrogens (tertiary/aromatic N) is 1. The predicted octanol–water partition coefficient (Wildman–Crippen LogP) is 4.47. The third-order valence-electron chi connectivity index (χ3n) is 8.26. The standard InChI is InChI=1S/C32H28F3N3O7S/c33-32(34,35)21-2-1-3-22(14-21)37-46(42,43)24-8-9-25-26(15-24)29(40)27(16-28(25)39)30(41)36-17-20-4-6-23(7-5-20)38-12-10-31(11-13-38)18-44-19-45-31/h1-9,14-16,37H,10-13,17-19H2,(H,36,41). The van der Waals surface area contributed by atoms with Crippen molar-refractivity contribution in [1.29, 1.82) is 0 Å². The van der Waals surface area contributed by atoms with Gasteiger partial charge in [-0.2, -0.15) is 13.2 Å². The number of benzene rings is 3. The Morgan fingerprint density at radius 2 is 1.70 bits per heavy atom. The van der Waals surface area contributed by atoms with Crippen molar-refractivity contribution >= 4 is 38.9 Å². The van der Waals surface area contributed by atoms with Crippen molar-refractivity contribution in [1.82, 2.24) is 5.32 Å². The van der Waals surface area contributed by atoms with Gasteiger partial charge in [0.2, 0.25) is 0 Å². The summed E-state index contributed by atoms with van der Waals surface area (Å²) >= 11 is 0. The summed E-state index contributed by atoms with van der Waals surface area (Å²) in [4.78, 5) is 40.8. The number of ether oxygens (including phenoxy) is 2. The van der Waals surface area contributed by atoms with Crippen LogP contribution in [0.25, 0.3) is 0 Å². The molecule has 3 aliphatic rings. The van der Waals surface area contributed by atoms with Crippen molar-refractivity contribution in [3.63, 3.8) is 0 Å². The maximum Gasteiger partial charge on any atom is 0.416 e. The normalized spacial score (nSPS) is 17.9. The summed E-state index contributed by atoms with van der Waals surface area (Å²) in [6.07, 6.45) is -2.07. The van der Waals surface area contributed by atoms with E-state index in [1.54, 1.807) is 0 Å². The number of halogens is 3. The van der Waals surface area contributed by atoms with Crippen LogP contribution in [-0.4, -0.2) is 58.0 Å². The molecule has 2 N–H and O–H groups in total. The number of carbonyl (C=O) groups excluding carboxylic acids is 3. The number of ketones is 2. The van der Waals surface area contributed by atoms with Crippen LogP contribution in [0, 0.1) is 0 Å². The largest absolute Gasteiger partial charge is 0.416 e. The summed E-state index contributed by atoms with van der Waals surface area (Å²) in [6, 6.07) is 14.3. The Kier molecular flexibility index (Phi) is 8.21. The molecule has 240 valence electrons. The second-order valence-corrected chi connectivity index (χ2v) is 13.0. The lowest BCUT2D eigenvalue weighted by Crippen LogP contribution is -2.45. The van der Waals surface area contributed by atoms with Crippen LogP contribution >= 0.6 is 0 Å². The van der Waals surface area contributed by atoms with Crippen molar-refractivity contribution in [2.75, 3.05) is 36.1 Å². The number of alkyl halides is 3. The van der Waals surface area contributed by atoms with Gasteiger partial charge in [0.25, 0.3) is 15.9 Å². The Balaban J connectivity index is 1.11. The van der Waals surface area contributed by atoms with E-state index in [2.05, 4.69) is 14.9 Å². The summed E-state index contributed by atoms with van der Waals surface area (Å²) in [7, 11) is -4.47. The third-order valence-corrected chi connectivity index (χ3v) is 9.64. The Bertz CT molecular complexity index is 1840. The van der Waals surface area contributed by atoms with Gasteiger partial charge in [0, 0.05) is 48.2 Å². The molecule has 14 heteroatoms. The average molecular weight is 656 g/mol. The first kappa shape index (κ1) is 31.5. The molecule has 3 aromatic rings. The van der Waals surface area contributed by atoms with Gasteiger partial charge in [-0.05, 0) is 66.9 Å². The predicted molar refractivity (Wildman–Crippen MR) is 160 cm³/mol. The summed E-state index contributed by atoms with van der Waals surface area (Å²) in [5.74, 6) is -2.35. The lowest BCUT2D eigenvalue weighted by molar-refractivity contribution is -0.137. The Morgan fingerprint density at radius 1 is 0.957 bits per heavy atom. The lowest BCUT2D eigenvalue weighted by atomic mass is 9.89. The summed E-state index contributed by atoms with van der Waals surface area (Å²) in [5.41, 5.74) is -0.714. The van der Waals surface area contributed by atoms with Gasteiger partial charge in [-0.15, -0.1) is 0 Å². The molecule has 3 aromatic carbocycles. The Labute approximate surface area is 262 Å². The van der Waals surface area contributed by atoms with Crippen LogP contribution in [0.3, 0.4) is 0 Å². The third kappa shape index (κ3) is 6.41. The van der Waals surface area contributed by atoms with Crippen molar-refractivity contribution in [2.45, 2.75) is 36.1 Å². The minimum absolute atomic E-state index is 0.0639. The van der Waals surface area contributed by atoms with Crippen LogP contribution in [0.4, 0.5) is 24.5 Å². The number of hydrogen-bond donors (Lipinski definition) is 2. The number of piperidine rings is 1. The molecule has 0 radical (unpaired) electrons. The molecule has 6 rings (SSSR count). The fourth-order valence-corrected chi connectivity index (χ4v) is 6.73. The van der Waals surface area contributed by atoms with Crippen molar-refractivity contribution in [3.8, 4) is 0 Å². The van der Waals surface area contributed by atoms with Crippen LogP contribution in [0.1, 0.15) is 44.7 Å². The van der Waals surface area contributed by atoms with Crippen molar-refractivity contribution in [2.24, 2.45) is 0 Å². The minimum atomic E-state index is -4.69. The zero-order valence-corrected chi connectivity index (χ0v) is 25.0. The van der Waals surface area contributed by atoms with Crippen LogP contribution in [-0.2, 0) is 37.0 Å². The second kappa shape index (κ2) is 12.0. The molecule has 1 amide bonds. The monoisotopic (exact) mass is 655 g/mol. The highest BCUT2D eigenvalue weighted by Crippen LogP contribution is 2.34. The van der Waals surface area contributed by atoms with E-state index >= 15 is 0 Å². The molecule has 2 saturated heterocycles. The van der Waals surface area contributed by atoms with Gasteiger partial charge in [0.05, 0.1) is 28.2 Å². The fourth-order valence-electron chi connectivity index (χ4n) is 5.65. The topological polar surface area (TPSA) is 131 Å². The second-order valence-electron chi connectivity index (χ2n) is 11.3. The van der Waals surface area contributed by atoms with E-state index < -0.39 is 49.7 Å². The molecule has 1 spiro atoms. The van der Waals surface area contributed by atoms with Crippen LogP contribution in [0.5, 0.6) is 0 Å². The van der Waals surface area contributed by atoms with Gasteiger partial charge >= 0.3 is 6.18 Å². The van der Waals surface area contributed by atoms with Crippen molar-refractivity contribution in [3.05, 3.63) is 101 Å². The number of amides is 1. The molecule has 2 fully saturated rings. The first-order chi connectivity index (χ1) is 21.8. The van der Waals surface area contributed by atoms with Gasteiger partial charge in [-0.3, -0.25) is 19.1 Å². The maximum atomic E-state index is 13.3. The molecule has 0 bridgehead atoms. The molecular weight excluding hydrogens is 627 g/mol. The first-order valence-corrected chi connectivity index (χ1v) is 15.8. The minimum Gasteiger partial charge on any atom is -0.371 e. The number of nitrogens with one attached hydrogen (secondary N) is 2. The molecule has 46 heavy (non-hydrogen) atoms. The number of fused-ring (bicyclic) bond motifs is 1. The number of rotatable bonds is 7. The van der Waals surface area contributed by atoms with E-state index in [9.17, 15) is 36.0 Å². The highest BCUT2D eigenvalue weighted by atomic mass is 32.2. The quantitative estimate of drug-likeness (QED) is 0.357. The number of carbonyl (C=O) groups is 3. The SMILES string of the molecule is O=C(NCc1ccc(N2CCC3(CC2)COCO3)cc1)C1=CC(=O)c2ccc(S(=O)(=O)Nc3cccc(C(F)(F)F)c3)cc2C1=O. The molecule has 0 atom stereocenters. The first-order valence-electron chi connectivity index (χ1n) is 14.3. The molecular formula is C32H28F3N3O7S. The molecule has 0 unspecified atom stereocenters. The van der Waals surface area contributed by atoms with E-state index in [1.807, 2.05) is 24.3 Å². The van der Waals surface area contributed by atoms with E-state index in [1.165, 1.54) is 0 Å². The van der Waals surface area contributed by atoms with E-state index in [0.29, 0.717) is 19.5 Å². The van der Waals surface area contributed by atoms with E-state index in [-0.39, 0.29) is 29.0 Å². The summed E-state index contributed by atoms with van der Waals surface area (Å²) in [6.45, 7) is 2.63. The smallest absolute Gasteiger partial charge is 0.371 e. The number of anilines is 2. The highest BCUT2D eigenvalue weighted by Gasteiger charge is 2.39. The van der Waals surface area contributed by atoms with Crippen LogP contribution < -0.4 is 14.9 Å². The molecule has 0 aromatic heterocycles. The van der Waals surface area contributed by atoms with Gasteiger partial charge in [0.1, 0.15) is 6.79 Å². The highest BCUT2D eigenvalue weighted by molar-refractivity contribution is 7.92. The Hall–Kier alpha value is -4.53. The average Bonchev–Trinajstić information content (AvgIpc) is 3.49. The maximum absolute atomic E-state index is 13.3. The fraction of sp³-hybridized carbons (Fsp3) is 0.281. The van der Waals surface area contributed by atoms with E-state index in [4.69, 9.17) is 9.47 Å². The lowest BCUT2D eigenvalue weighted by Gasteiger charge is -2.38. The molecule has 2 aliphatic heterocycles. The summed E-state index contributed by atoms with van der Waals surface area (Å²) in [5, 5.41) is 2.63. The van der Waals surface area contributed by atoms with Gasteiger partial charge < -0.3 is 19.7 Å². The summed E-state index contributed by atoms with van der Waals surface area (Å²) < 4.78 is 78.5. The van der Waals surface area contributed by atoms with Gasteiger partial charge in [-0.1, -0.05) is 18.2 Å². The Morgan fingerprint density at radius 3 is 2.37 bits per heavy atom. The zero-order chi connectivity index (χ0) is 32.7. The van der Waals surface area contributed by atoms with Crippen molar-refractivity contribution < 1.29 is 45.4 Å². The van der Waals surface area contributed by atoms with Gasteiger partial charge in [0.15, 0.2) is 11.6 Å². The molecule has 1 aliphatic carbocycles. The number of Topliss-reactive ketones (excluding diaryl/α,β-unsaturated/α-hetero) is 1. The molecule has 0 saturated carbocycles. The number of hydrogen-bond acceptors (Lipinski definition) is 8. The van der Waals surface area contributed by atoms with Crippen LogP contribution in [0.2, 0.25) is 0 Å². The van der Waals surface area contributed by atoms with Gasteiger partial charge in [-0.25, -0.2) is 8.42 Å². The number of sulfonamides is 1. The molecule has 2 heterocycles.